The van der Waals surface area contributed by atoms with Crippen molar-refractivity contribution in [1.82, 2.24) is 0 Å². The summed E-state index contributed by atoms with van der Waals surface area (Å²) in [6, 6.07) is 27.3. The lowest BCUT2D eigenvalue weighted by molar-refractivity contribution is 0.836. The Balaban J connectivity index is 2.36. The van der Waals surface area contributed by atoms with Crippen molar-refractivity contribution in [3.05, 3.63) is 90.0 Å². The van der Waals surface area contributed by atoms with Gasteiger partial charge < -0.3 is 4.34 Å². The van der Waals surface area contributed by atoms with Crippen molar-refractivity contribution in [1.29, 1.82) is 0 Å². The van der Waals surface area contributed by atoms with Crippen molar-refractivity contribution in [3.8, 4) is 0 Å². The maximum atomic E-state index is 6.89. The van der Waals surface area contributed by atoms with Crippen LogP contribution in [0.15, 0.2) is 78.9 Å². The molecule has 0 aromatic heterocycles. The monoisotopic (exact) mass is 493 g/mol. The van der Waals surface area contributed by atoms with Crippen LogP contribution in [0.1, 0.15) is 50.7 Å². The van der Waals surface area contributed by atoms with E-state index in [1.54, 1.807) is 0 Å². The smallest absolute Gasteiger partial charge is 0.332 e. The fourth-order valence-electron chi connectivity index (χ4n) is 3.61. The number of hydrogen-bond donors (Lipinski definition) is 0. The highest BCUT2D eigenvalue weighted by Gasteiger charge is 2.43. The molecule has 0 aliphatic rings. The lowest BCUT2D eigenvalue weighted by atomic mass is 9.93. The minimum absolute atomic E-state index is 0.311. The van der Waals surface area contributed by atoms with E-state index in [0.29, 0.717) is 11.8 Å². The fourth-order valence-corrected chi connectivity index (χ4v) is 10.6. The van der Waals surface area contributed by atoms with E-state index < -0.39 is 14.2 Å². The van der Waals surface area contributed by atoms with E-state index in [1.165, 1.54) is 21.7 Å². The van der Waals surface area contributed by atoms with Crippen LogP contribution in [0.4, 0.5) is 5.69 Å². The third-order valence-electron chi connectivity index (χ3n) is 5.00. The predicted molar refractivity (Wildman–Crippen MR) is 139 cm³/mol. The lowest BCUT2D eigenvalue weighted by Crippen LogP contribution is -2.42. The molecule has 158 valence electrons. The number of nitrogens with zero attached hydrogens (tertiary/aromatic N) is 1. The van der Waals surface area contributed by atoms with Crippen LogP contribution in [-0.2, 0) is 0 Å². The third-order valence-corrected chi connectivity index (χ3v) is 12.0. The minimum Gasteiger partial charge on any atom is -0.332 e. The first-order chi connectivity index (χ1) is 14.2. The average molecular weight is 495 g/mol. The van der Waals surface area contributed by atoms with E-state index in [4.69, 9.17) is 33.2 Å². The largest absolute Gasteiger partial charge is 0.458 e. The van der Waals surface area contributed by atoms with E-state index >= 15 is 0 Å². The normalized spacial score (nSPS) is 12.1. The van der Waals surface area contributed by atoms with Gasteiger partial charge in [-0.1, -0.05) is 107 Å². The Morgan fingerprint density at radius 2 is 1.03 bits per heavy atom. The molecule has 0 saturated heterocycles. The van der Waals surface area contributed by atoms with Gasteiger partial charge in [-0.15, -0.1) is 33.2 Å². The number of halogens is 3. The summed E-state index contributed by atoms with van der Waals surface area (Å²) in [5, 5.41) is 2.34. The zero-order valence-corrected chi connectivity index (χ0v) is 21.9. The van der Waals surface area contributed by atoms with Crippen molar-refractivity contribution in [2.75, 3.05) is 4.34 Å². The van der Waals surface area contributed by atoms with Gasteiger partial charge in [-0.2, -0.15) is 0 Å². The zero-order valence-electron chi connectivity index (χ0n) is 17.7. The third kappa shape index (κ3) is 5.23. The molecule has 0 amide bonds. The number of rotatable bonds is 7. The second-order valence-electron chi connectivity index (χ2n) is 7.86. The van der Waals surface area contributed by atoms with Crippen molar-refractivity contribution in [2.45, 2.75) is 39.5 Å². The molecule has 30 heavy (non-hydrogen) atoms. The minimum atomic E-state index is -3.33. The Kier molecular flexibility index (Phi) is 7.93. The van der Waals surface area contributed by atoms with Crippen molar-refractivity contribution in [3.63, 3.8) is 0 Å². The molecule has 0 spiro atoms. The highest BCUT2D eigenvalue weighted by atomic mass is 35.8. The van der Waals surface area contributed by atoms with Crippen molar-refractivity contribution >= 4 is 63.8 Å². The predicted octanol–water partition coefficient (Wildman–Crippen LogP) is 7.94. The topological polar surface area (TPSA) is 3.24 Å². The molecule has 3 aromatic rings. The molecule has 3 rings (SSSR count). The van der Waals surface area contributed by atoms with Gasteiger partial charge in [0, 0.05) is 13.8 Å². The van der Waals surface area contributed by atoms with Gasteiger partial charge in [0.15, 0.2) is 0 Å². The lowest BCUT2D eigenvalue weighted by Gasteiger charge is -2.41. The van der Waals surface area contributed by atoms with Crippen molar-refractivity contribution < 1.29 is 0 Å². The maximum Gasteiger partial charge on any atom is 0.458 e. The molecule has 0 N–H and O–H groups in total. The molecule has 0 fully saturated rings. The molecule has 0 aliphatic carbocycles. The summed E-state index contributed by atoms with van der Waals surface area (Å²) >= 11 is 20.7. The van der Waals surface area contributed by atoms with Gasteiger partial charge in [0.1, 0.15) is 0 Å². The van der Waals surface area contributed by atoms with Gasteiger partial charge in [-0.25, -0.2) is 0 Å². The summed E-state index contributed by atoms with van der Waals surface area (Å²) in [7, 11) is -1.06. The van der Waals surface area contributed by atoms with Gasteiger partial charge in [0.05, 0.1) is 0 Å². The molecule has 0 aliphatic heterocycles. The van der Waals surface area contributed by atoms with Crippen LogP contribution in [0.3, 0.4) is 0 Å². The van der Waals surface area contributed by atoms with Crippen molar-refractivity contribution in [2.24, 2.45) is 0 Å². The molecule has 0 radical (unpaired) electrons. The van der Waals surface area contributed by atoms with E-state index in [2.05, 4.69) is 98.8 Å². The molecule has 3 aromatic carbocycles. The zero-order chi connectivity index (χ0) is 21.9. The number of benzene rings is 3. The number of anilines is 1. The Morgan fingerprint density at radius 1 is 0.633 bits per heavy atom. The molecule has 0 saturated carbocycles. The second-order valence-corrected chi connectivity index (χ2v) is 18.3. The summed E-state index contributed by atoms with van der Waals surface area (Å²) in [6.45, 7) is 8.81. The summed E-state index contributed by atoms with van der Waals surface area (Å²) in [5.74, 6) is 0.622. The standard InChI is InChI=1S/C24H27Cl3NPSi/c1-18(2)22-16-11-17-23(19(3)4)24(22)28(30(25,26)27)29(20-12-7-5-8-13-20)21-14-9-6-10-15-21/h5-19H,1-4H3. The SMILES string of the molecule is CC(C)c1cccc(C(C)C)c1N(P(c1ccccc1)c1ccccc1)[Si](Cl)(Cl)Cl. The highest BCUT2D eigenvalue weighted by molar-refractivity contribution is 7.84. The number of hydrogen-bond acceptors (Lipinski definition) is 1. The van der Waals surface area contributed by atoms with Crippen LogP contribution in [-0.4, -0.2) is 6.16 Å². The first-order valence-electron chi connectivity index (χ1n) is 10.1. The number of para-hydroxylation sites is 1. The van der Waals surface area contributed by atoms with Crippen LogP contribution in [0.2, 0.25) is 0 Å². The highest BCUT2D eigenvalue weighted by Crippen LogP contribution is 2.53. The first kappa shape index (κ1) is 23.6. The molecular formula is C24H27Cl3NPSi. The van der Waals surface area contributed by atoms with Gasteiger partial charge in [-0.3, -0.25) is 0 Å². The Hall–Kier alpha value is -1.02. The Labute approximate surface area is 197 Å². The summed E-state index contributed by atoms with van der Waals surface area (Å²) in [4.78, 5) is 0. The summed E-state index contributed by atoms with van der Waals surface area (Å²) in [5.41, 5.74) is 3.53. The van der Waals surface area contributed by atoms with Gasteiger partial charge >= 0.3 is 6.16 Å². The van der Waals surface area contributed by atoms with Crippen LogP contribution in [0.25, 0.3) is 0 Å². The van der Waals surface area contributed by atoms with Gasteiger partial charge in [0.2, 0.25) is 0 Å². The Bertz CT molecular complexity index is 893. The van der Waals surface area contributed by atoms with Crippen LogP contribution < -0.4 is 14.9 Å². The van der Waals surface area contributed by atoms with Crippen LogP contribution in [0, 0.1) is 0 Å². The molecule has 6 heteroatoms. The molecule has 0 bridgehead atoms. The van der Waals surface area contributed by atoms with E-state index in [0.717, 1.165) is 5.69 Å². The van der Waals surface area contributed by atoms with Crippen LogP contribution >= 0.6 is 41.3 Å². The molecule has 0 heterocycles. The molecule has 1 nitrogen and oxygen atoms in total. The second kappa shape index (κ2) is 10.1. The Morgan fingerprint density at radius 3 is 1.37 bits per heavy atom. The van der Waals surface area contributed by atoms with E-state index in [-0.39, 0.29) is 0 Å². The fraction of sp³-hybridized carbons (Fsp3) is 0.250. The van der Waals surface area contributed by atoms with Gasteiger partial charge in [0.25, 0.3) is 0 Å². The molecule has 0 atom stereocenters. The molecule has 0 unspecified atom stereocenters. The quantitative estimate of drug-likeness (QED) is 0.183. The molecular weight excluding hydrogens is 468 g/mol. The summed E-state index contributed by atoms with van der Waals surface area (Å²) in [6.07, 6.45) is -3.33. The maximum absolute atomic E-state index is 6.89. The van der Waals surface area contributed by atoms with E-state index in [9.17, 15) is 0 Å². The van der Waals surface area contributed by atoms with Crippen LogP contribution in [0.5, 0.6) is 0 Å². The van der Waals surface area contributed by atoms with E-state index in [1.807, 2.05) is 12.1 Å². The average Bonchev–Trinajstić information content (AvgIpc) is 2.71. The van der Waals surface area contributed by atoms with Gasteiger partial charge in [-0.05, 0) is 33.6 Å². The summed E-state index contributed by atoms with van der Waals surface area (Å²) < 4.78 is 2.17. The first-order valence-corrected chi connectivity index (χ1v) is 16.4.